The number of amides is 3. The molecule has 8 nitrogen and oxygen atoms in total. The minimum absolute atomic E-state index is 0.156. The topological polar surface area (TPSA) is 99.2 Å². The first-order valence-corrected chi connectivity index (χ1v) is 11.7. The molecule has 178 valence electrons. The van der Waals surface area contributed by atoms with Gasteiger partial charge >= 0.3 is 6.09 Å². The highest BCUT2D eigenvalue weighted by atomic mass is 16.6. The normalized spacial score (nSPS) is 23.8. The zero-order chi connectivity index (χ0) is 23.6. The molecule has 2 heterocycles. The summed E-state index contributed by atoms with van der Waals surface area (Å²) in [6.45, 7) is 5.44. The van der Waals surface area contributed by atoms with Gasteiger partial charge in [-0.1, -0.05) is 50.3 Å². The number of hydrogen-bond acceptors (Lipinski definition) is 5. The van der Waals surface area contributed by atoms with Gasteiger partial charge in [-0.05, 0) is 48.2 Å². The van der Waals surface area contributed by atoms with E-state index in [2.05, 4.69) is 0 Å². The van der Waals surface area contributed by atoms with E-state index < -0.39 is 24.0 Å². The van der Waals surface area contributed by atoms with E-state index in [1.807, 2.05) is 50.3 Å². The molecule has 3 aliphatic rings. The molecule has 0 radical (unpaired) electrons. The van der Waals surface area contributed by atoms with Crippen molar-refractivity contribution in [1.29, 1.82) is 0 Å². The summed E-state index contributed by atoms with van der Waals surface area (Å²) < 4.78 is 5.48. The number of nitrogens with zero attached hydrogens (tertiary/aromatic N) is 2. The molecule has 1 aliphatic carbocycles. The Balaban J connectivity index is 1.56. The lowest BCUT2D eigenvalue weighted by Crippen LogP contribution is -2.62. The van der Waals surface area contributed by atoms with Crippen LogP contribution >= 0.6 is 0 Å². The van der Waals surface area contributed by atoms with Gasteiger partial charge in [0.1, 0.15) is 6.04 Å². The van der Waals surface area contributed by atoms with Gasteiger partial charge in [-0.2, -0.15) is 0 Å². The number of rotatable bonds is 5. The molecule has 0 bridgehead atoms. The summed E-state index contributed by atoms with van der Waals surface area (Å²) in [6.07, 6.45) is 4.42. The predicted octanol–water partition coefficient (Wildman–Crippen LogP) is 3.07. The Bertz CT molecular complexity index is 925. The van der Waals surface area contributed by atoms with Gasteiger partial charge in [0.2, 0.25) is 11.8 Å². The first-order chi connectivity index (χ1) is 15.8. The van der Waals surface area contributed by atoms with Gasteiger partial charge < -0.3 is 9.64 Å². The van der Waals surface area contributed by atoms with Gasteiger partial charge in [0.25, 0.3) is 0 Å². The summed E-state index contributed by atoms with van der Waals surface area (Å²) >= 11 is 0. The summed E-state index contributed by atoms with van der Waals surface area (Å²) in [6, 6.07) is 9.05. The van der Waals surface area contributed by atoms with E-state index >= 15 is 0 Å². The second-order valence-electron chi connectivity index (χ2n) is 9.96. The van der Waals surface area contributed by atoms with Gasteiger partial charge in [0.05, 0.1) is 12.5 Å². The van der Waals surface area contributed by atoms with E-state index in [4.69, 9.17) is 4.74 Å². The first kappa shape index (κ1) is 23.3. The highest BCUT2D eigenvalue weighted by Gasteiger charge is 2.57. The zero-order valence-electron chi connectivity index (χ0n) is 19.3. The smallest absolute Gasteiger partial charge is 0.410 e. The average Bonchev–Trinajstić information content (AvgIpc) is 3.59. The van der Waals surface area contributed by atoms with E-state index in [1.165, 1.54) is 10.5 Å². The molecule has 0 unspecified atom stereocenters. The Morgan fingerprint density at radius 3 is 2.52 bits per heavy atom. The molecule has 0 aromatic heterocycles. The molecular weight excluding hydrogens is 422 g/mol. The Kier molecular flexibility index (Phi) is 6.74. The van der Waals surface area contributed by atoms with Crippen LogP contribution in [0.4, 0.5) is 4.79 Å². The Hall–Kier alpha value is -2.87. The number of nitrogens with one attached hydrogen (secondary N) is 1. The second-order valence-corrected chi connectivity index (χ2v) is 9.96. The zero-order valence-corrected chi connectivity index (χ0v) is 19.3. The number of carbonyl (C=O) groups excluding carboxylic acids is 3. The molecule has 1 spiro atoms. The molecular formula is C25H33N3O5. The van der Waals surface area contributed by atoms with Crippen molar-refractivity contribution in [3.05, 3.63) is 42.0 Å². The van der Waals surface area contributed by atoms with Crippen LogP contribution in [0.15, 0.2) is 36.4 Å². The molecule has 1 aromatic rings. The van der Waals surface area contributed by atoms with Gasteiger partial charge in [-0.25, -0.2) is 10.3 Å². The van der Waals surface area contributed by atoms with Crippen LogP contribution in [0.2, 0.25) is 0 Å². The summed E-state index contributed by atoms with van der Waals surface area (Å²) in [7, 11) is 0. The number of ether oxygens (including phenoxy) is 1. The number of carbonyl (C=O) groups is 3. The van der Waals surface area contributed by atoms with E-state index in [-0.39, 0.29) is 23.8 Å². The Morgan fingerprint density at radius 2 is 1.94 bits per heavy atom. The Labute approximate surface area is 194 Å². The van der Waals surface area contributed by atoms with Crippen LogP contribution in [0.25, 0.3) is 5.57 Å². The van der Waals surface area contributed by atoms with Crippen LogP contribution in [0.3, 0.4) is 0 Å². The highest BCUT2D eigenvalue weighted by molar-refractivity contribution is 5.93. The largest absolute Gasteiger partial charge is 0.449 e. The first-order valence-electron chi connectivity index (χ1n) is 11.7. The van der Waals surface area contributed by atoms with Crippen molar-refractivity contribution in [3.63, 3.8) is 0 Å². The monoisotopic (exact) mass is 455 g/mol. The van der Waals surface area contributed by atoms with Gasteiger partial charge in [0.15, 0.2) is 0 Å². The summed E-state index contributed by atoms with van der Waals surface area (Å²) in [4.78, 5) is 42.5. The fourth-order valence-corrected chi connectivity index (χ4v) is 4.95. The Morgan fingerprint density at radius 1 is 1.21 bits per heavy atom. The standard InChI is InChI=1S/C25H33N3O5/c1-17(2)15-33-24(31)28-16-25(10-11-25)14-20(22(29)26-32)21(28)23(30)27-12-8-19(9-13-27)18-6-4-3-5-7-18/h3-8,17,20-21,32H,9-16H2,1-2H3,(H,26,29)/t20-,21-/m0/s1. The third-order valence-electron chi connectivity index (χ3n) is 6.97. The average molecular weight is 456 g/mol. The number of hydroxylamine groups is 1. The summed E-state index contributed by atoms with van der Waals surface area (Å²) in [5.41, 5.74) is 3.86. The predicted molar refractivity (Wildman–Crippen MR) is 122 cm³/mol. The summed E-state index contributed by atoms with van der Waals surface area (Å²) in [5.74, 6) is -1.56. The number of hydrogen-bond donors (Lipinski definition) is 2. The fourth-order valence-electron chi connectivity index (χ4n) is 4.95. The molecule has 1 aromatic carbocycles. The lowest BCUT2D eigenvalue weighted by atomic mass is 9.79. The van der Waals surface area contributed by atoms with Crippen molar-refractivity contribution in [2.24, 2.45) is 17.3 Å². The molecule has 4 rings (SSSR count). The fraction of sp³-hybridized carbons (Fsp3) is 0.560. The van der Waals surface area contributed by atoms with Crippen LogP contribution in [-0.2, 0) is 14.3 Å². The molecule has 3 amide bonds. The molecule has 1 saturated carbocycles. The van der Waals surface area contributed by atoms with Gasteiger partial charge in [0, 0.05) is 19.6 Å². The SMILES string of the molecule is CC(C)COC(=O)N1CC2(CC2)C[C@H](C(=O)NO)[C@H]1C(=O)N1CC=C(c2ccccc2)CC1. The van der Waals surface area contributed by atoms with Crippen LogP contribution < -0.4 is 5.48 Å². The van der Waals surface area contributed by atoms with Crippen molar-refractivity contribution in [1.82, 2.24) is 15.3 Å². The van der Waals surface area contributed by atoms with Gasteiger partial charge in [-0.3, -0.25) is 19.7 Å². The minimum Gasteiger partial charge on any atom is -0.449 e. The van der Waals surface area contributed by atoms with Crippen LogP contribution in [0.1, 0.15) is 45.1 Å². The van der Waals surface area contributed by atoms with Crippen molar-refractivity contribution >= 4 is 23.5 Å². The van der Waals surface area contributed by atoms with Gasteiger partial charge in [-0.15, -0.1) is 0 Å². The van der Waals surface area contributed by atoms with E-state index in [9.17, 15) is 19.6 Å². The molecule has 2 N–H and O–H groups in total. The van der Waals surface area contributed by atoms with Crippen LogP contribution in [-0.4, -0.2) is 65.2 Å². The number of likely N-dealkylation sites (tertiary alicyclic amines) is 1. The lowest BCUT2D eigenvalue weighted by Gasteiger charge is -2.44. The molecule has 1 saturated heterocycles. The number of benzene rings is 1. The van der Waals surface area contributed by atoms with E-state index in [0.717, 1.165) is 18.4 Å². The lowest BCUT2D eigenvalue weighted by molar-refractivity contribution is -0.150. The second kappa shape index (κ2) is 9.55. The number of piperidine rings is 1. The molecule has 2 atom stereocenters. The maximum Gasteiger partial charge on any atom is 0.410 e. The molecule has 8 heteroatoms. The van der Waals surface area contributed by atoms with Crippen molar-refractivity contribution in [2.45, 2.75) is 45.6 Å². The van der Waals surface area contributed by atoms with Crippen molar-refractivity contribution in [3.8, 4) is 0 Å². The van der Waals surface area contributed by atoms with Crippen LogP contribution in [0.5, 0.6) is 0 Å². The maximum atomic E-state index is 13.7. The third-order valence-corrected chi connectivity index (χ3v) is 6.97. The molecule has 33 heavy (non-hydrogen) atoms. The van der Waals surface area contributed by atoms with Crippen molar-refractivity contribution in [2.75, 3.05) is 26.2 Å². The quantitative estimate of drug-likeness (QED) is 0.525. The van der Waals surface area contributed by atoms with Crippen molar-refractivity contribution < 1.29 is 24.3 Å². The molecule has 2 fully saturated rings. The minimum atomic E-state index is -0.991. The molecule has 2 aliphatic heterocycles. The maximum absolute atomic E-state index is 13.7. The van der Waals surface area contributed by atoms with E-state index in [0.29, 0.717) is 32.5 Å². The highest BCUT2D eigenvalue weighted by Crippen LogP contribution is 2.55. The third kappa shape index (κ3) is 5.05. The van der Waals surface area contributed by atoms with Crippen LogP contribution in [0, 0.1) is 17.3 Å². The van der Waals surface area contributed by atoms with E-state index in [1.54, 1.807) is 10.4 Å². The summed E-state index contributed by atoms with van der Waals surface area (Å²) in [5, 5.41) is 9.38.